The van der Waals surface area contributed by atoms with Crippen LogP contribution in [-0.2, 0) is 12.8 Å². The molecule has 1 aromatic heterocycles. The molecule has 1 saturated heterocycles. The Morgan fingerprint density at radius 1 is 1.26 bits per heavy atom. The van der Waals surface area contributed by atoms with E-state index in [1.807, 2.05) is 0 Å². The van der Waals surface area contributed by atoms with Gasteiger partial charge in [-0.05, 0) is 39.3 Å². The van der Waals surface area contributed by atoms with E-state index in [2.05, 4.69) is 39.7 Å². The average Bonchev–Trinajstić information content (AvgIpc) is 3.04. The molecule has 1 aromatic rings. The fraction of sp³-hybridized carbons (Fsp3) is 0.765. The molecule has 1 fully saturated rings. The molecule has 2 N–H and O–H groups in total. The summed E-state index contributed by atoms with van der Waals surface area (Å²) in [5, 5.41) is 10.1. The highest BCUT2D eigenvalue weighted by atomic mass is 32.1. The van der Waals surface area contributed by atoms with Gasteiger partial charge in [0.25, 0.3) is 0 Å². The third-order valence-corrected chi connectivity index (χ3v) is 5.10. The van der Waals surface area contributed by atoms with Crippen LogP contribution in [0.4, 0.5) is 0 Å². The van der Waals surface area contributed by atoms with Crippen LogP contribution >= 0.6 is 11.3 Å². The molecule has 0 aromatic carbocycles. The summed E-state index contributed by atoms with van der Waals surface area (Å²) < 4.78 is 0. The van der Waals surface area contributed by atoms with Gasteiger partial charge in [0, 0.05) is 31.4 Å². The van der Waals surface area contributed by atoms with Gasteiger partial charge in [0.15, 0.2) is 5.96 Å². The summed E-state index contributed by atoms with van der Waals surface area (Å²) in [6, 6.07) is 0. The fourth-order valence-electron chi connectivity index (χ4n) is 2.76. The fourth-order valence-corrected chi connectivity index (χ4v) is 3.54. The Kier molecular flexibility index (Phi) is 8.39. The molecule has 2 rings (SSSR count). The summed E-state index contributed by atoms with van der Waals surface area (Å²) in [6.07, 6.45) is 6.05. The van der Waals surface area contributed by atoms with Crippen molar-refractivity contribution in [3.63, 3.8) is 0 Å². The number of nitrogens with zero attached hydrogens (tertiary/aromatic N) is 3. The quantitative estimate of drug-likeness (QED) is 0.564. The summed E-state index contributed by atoms with van der Waals surface area (Å²) in [5.41, 5.74) is 1.18. The number of piperidine rings is 1. The van der Waals surface area contributed by atoms with E-state index in [0.717, 1.165) is 45.0 Å². The van der Waals surface area contributed by atoms with Crippen molar-refractivity contribution in [3.05, 3.63) is 16.1 Å². The van der Waals surface area contributed by atoms with Crippen molar-refractivity contribution in [3.8, 4) is 0 Å². The molecular formula is C17H31N5S. The van der Waals surface area contributed by atoms with Gasteiger partial charge in [-0.25, -0.2) is 4.98 Å². The lowest BCUT2D eigenvalue weighted by molar-refractivity contribution is 0.235. The molecule has 0 atom stereocenters. The van der Waals surface area contributed by atoms with Crippen molar-refractivity contribution in [2.24, 2.45) is 4.99 Å². The third-order valence-electron chi connectivity index (χ3n) is 4.05. The zero-order valence-corrected chi connectivity index (χ0v) is 15.4. The monoisotopic (exact) mass is 337 g/mol. The molecule has 6 heteroatoms. The van der Waals surface area contributed by atoms with Crippen LogP contribution in [-0.4, -0.2) is 55.1 Å². The first-order valence-electron chi connectivity index (χ1n) is 8.99. The average molecular weight is 338 g/mol. The molecule has 0 amide bonds. The first kappa shape index (κ1) is 18.2. The van der Waals surface area contributed by atoms with Crippen LogP contribution in [0, 0.1) is 0 Å². The number of rotatable bonds is 8. The Bertz CT molecular complexity index is 465. The summed E-state index contributed by atoms with van der Waals surface area (Å²) in [7, 11) is 0. The molecule has 1 aliphatic rings. The lowest BCUT2D eigenvalue weighted by Crippen LogP contribution is -2.39. The van der Waals surface area contributed by atoms with Crippen LogP contribution in [0.15, 0.2) is 10.4 Å². The van der Waals surface area contributed by atoms with Gasteiger partial charge in [-0.15, -0.1) is 11.3 Å². The Hall–Kier alpha value is -1.14. The van der Waals surface area contributed by atoms with E-state index in [4.69, 9.17) is 4.99 Å². The first-order chi connectivity index (χ1) is 11.3. The first-order valence-corrected chi connectivity index (χ1v) is 9.87. The summed E-state index contributed by atoms with van der Waals surface area (Å²) >= 11 is 1.76. The molecule has 0 saturated carbocycles. The molecule has 2 heterocycles. The lowest BCUT2D eigenvalue weighted by atomic mass is 10.1. The number of likely N-dealkylation sites (tertiary alicyclic amines) is 1. The van der Waals surface area contributed by atoms with Crippen molar-refractivity contribution in [2.75, 3.05) is 39.3 Å². The normalized spacial score (nSPS) is 16.5. The topological polar surface area (TPSA) is 52.6 Å². The predicted octanol–water partition coefficient (Wildman–Crippen LogP) is 2.29. The van der Waals surface area contributed by atoms with Gasteiger partial charge in [0.2, 0.25) is 0 Å². The predicted molar refractivity (Wildman–Crippen MR) is 99.5 cm³/mol. The van der Waals surface area contributed by atoms with Gasteiger partial charge in [-0.2, -0.15) is 0 Å². The molecule has 5 nitrogen and oxygen atoms in total. The summed E-state index contributed by atoms with van der Waals surface area (Å²) in [4.78, 5) is 11.8. The van der Waals surface area contributed by atoms with Gasteiger partial charge >= 0.3 is 0 Å². The maximum Gasteiger partial charge on any atom is 0.191 e. The standard InChI is InChI=1S/C17H31N5S/c1-3-16-21-15(14-23-16)8-9-19-17(18-4-2)20-10-13-22-11-6-5-7-12-22/h14H,3-13H2,1-2H3,(H2,18,19,20). The van der Waals surface area contributed by atoms with Crippen molar-refractivity contribution in [1.82, 2.24) is 20.5 Å². The third kappa shape index (κ3) is 6.87. The van der Waals surface area contributed by atoms with Crippen LogP contribution < -0.4 is 10.6 Å². The maximum absolute atomic E-state index is 4.70. The molecule has 0 radical (unpaired) electrons. The minimum Gasteiger partial charge on any atom is -0.357 e. The molecule has 0 aliphatic carbocycles. The number of aliphatic imine (C=N–C) groups is 1. The molecule has 0 unspecified atom stereocenters. The van der Waals surface area contributed by atoms with Gasteiger partial charge in [-0.1, -0.05) is 13.3 Å². The van der Waals surface area contributed by atoms with Crippen molar-refractivity contribution in [2.45, 2.75) is 46.0 Å². The van der Waals surface area contributed by atoms with Crippen LogP contribution in [0.2, 0.25) is 0 Å². The summed E-state index contributed by atoms with van der Waals surface area (Å²) in [5.74, 6) is 0.926. The van der Waals surface area contributed by atoms with Gasteiger partial charge in [0.1, 0.15) is 0 Å². The van der Waals surface area contributed by atoms with Crippen LogP contribution in [0.1, 0.15) is 43.8 Å². The second-order valence-corrected chi connectivity index (χ2v) is 6.87. The van der Waals surface area contributed by atoms with Crippen molar-refractivity contribution in [1.29, 1.82) is 0 Å². The Morgan fingerprint density at radius 2 is 2.09 bits per heavy atom. The maximum atomic E-state index is 4.70. The van der Waals surface area contributed by atoms with Gasteiger partial charge < -0.3 is 15.5 Å². The molecular weight excluding hydrogens is 306 g/mol. The smallest absolute Gasteiger partial charge is 0.191 e. The minimum atomic E-state index is 0.867. The SMILES string of the molecule is CCNC(=NCCN1CCCCC1)NCCc1csc(CC)n1. The Labute approximate surface area is 144 Å². The van der Waals surface area contributed by atoms with Crippen molar-refractivity contribution >= 4 is 17.3 Å². The number of guanidine groups is 1. The number of aryl methyl sites for hydroxylation is 1. The highest BCUT2D eigenvalue weighted by Gasteiger charge is 2.09. The highest BCUT2D eigenvalue weighted by molar-refractivity contribution is 7.09. The van der Waals surface area contributed by atoms with E-state index in [9.17, 15) is 0 Å². The van der Waals surface area contributed by atoms with E-state index in [0.29, 0.717) is 0 Å². The van der Waals surface area contributed by atoms with E-state index in [1.54, 1.807) is 11.3 Å². The van der Waals surface area contributed by atoms with Gasteiger partial charge in [0.05, 0.1) is 17.2 Å². The number of hydrogen-bond acceptors (Lipinski definition) is 4. The highest BCUT2D eigenvalue weighted by Crippen LogP contribution is 2.10. The minimum absolute atomic E-state index is 0.867. The zero-order valence-electron chi connectivity index (χ0n) is 14.6. The number of aromatic nitrogens is 1. The number of hydrogen-bond donors (Lipinski definition) is 2. The van der Waals surface area contributed by atoms with Gasteiger partial charge in [-0.3, -0.25) is 4.99 Å². The molecule has 23 heavy (non-hydrogen) atoms. The number of nitrogens with one attached hydrogen (secondary N) is 2. The molecule has 0 spiro atoms. The van der Waals surface area contributed by atoms with E-state index >= 15 is 0 Å². The summed E-state index contributed by atoms with van der Waals surface area (Å²) in [6.45, 7) is 10.4. The second kappa shape index (κ2) is 10.6. The van der Waals surface area contributed by atoms with Crippen LogP contribution in [0.3, 0.4) is 0 Å². The Morgan fingerprint density at radius 3 is 2.78 bits per heavy atom. The van der Waals surface area contributed by atoms with E-state index in [-0.39, 0.29) is 0 Å². The van der Waals surface area contributed by atoms with Crippen molar-refractivity contribution < 1.29 is 0 Å². The van der Waals surface area contributed by atoms with E-state index < -0.39 is 0 Å². The largest absolute Gasteiger partial charge is 0.357 e. The zero-order chi connectivity index (χ0) is 16.3. The molecule has 130 valence electrons. The number of thiazole rings is 1. The Balaban J connectivity index is 1.70. The van der Waals surface area contributed by atoms with Crippen LogP contribution in [0.25, 0.3) is 0 Å². The molecule has 1 aliphatic heterocycles. The molecule has 0 bridgehead atoms. The lowest BCUT2D eigenvalue weighted by Gasteiger charge is -2.25. The van der Waals surface area contributed by atoms with Crippen LogP contribution in [0.5, 0.6) is 0 Å². The van der Waals surface area contributed by atoms with E-state index in [1.165, 1.54) is 43.1 Å². The second-order valence-electron chi connectivity index (χ2n) is 5.93.